The Hall–Kier alpha value is -3.19. The lowest BCUT2D eigenvalue weighted by molar-refractivity contribution is -0.132. The number of pyridine rings is 1. The minimum Gasteiger partial charge on any atom is -0.493 e. The Morgan fingerprint density at radius 3 is 2.41 bits per heavy atom. The van der Waals surface area contributed by atoms with Crippen molar-refractivity contribution in [1.82, 2.24) is 4.98 Å². The molecule has 0 N–H and O–H groups in total. The molecule has 0 spiro atoms. The van der Waals surface area contributed by atoms with E-state index in [0.29, 0.717) is 34.0 Å². The lowest BCUT2D eigenvalue weighted by Crippen LogP contribution is -2.04. The van der Waals surface area contributed by atoms with Gasteiger partial charge in [0.15, 0.2) is 17.2 Å². The third-order valence-corrected chi connectivity index (χ3v) is 4.36. The van der Waals surface area contributed by atoms with Gasteiger partial charge in [0.05, 0.1) is 12.8 Å². The summed E-state index contributed by atoms with van der Waals surface area (Å²) in [5.74, 6) is 0.288. The summed E-state index contributed by atoms with van der Waals surface area (Å²) in [7, 11) is 1.50. The van der Waals surface area contributed by atoms with Gasteiger partial charge in [-0.1, -0.05) is 34.1 Å². The summed E-state index contributed by atoms with van der Waals surface area (Å²) in [5, 5.41) is 0.852. The van der Waals surface area contributed by atoms with E-state index in [1.165, 1.54) is 21.0 Å². The third kappa shape index (κ3) is 5.00. The first-order chi connectivity index (χ1) is 13.9. The van der Waals surface area contributed by atoms with Crippen LogP contribution in [0.2, 0.25) is 0 Å². The highest BCUT2D eigenvalue weighted by Gasteiger charge is 2.13. The number of carbonyl (C=O) groups is 2. The molecular weight excluding hydrogens is 438 g/mol. The van der Waals surface area contributed by atoms with Crippen molar-refractivity contribution in [2.75, 3.05) is 7.11 Å². The number of ether oxygens (including phenoxy) is 3. The zero-order valence-corrected chi connectivity index (χ0v) is 17.6. The summed E-state index contributed by atoms with van der Waals surface area (Å²) in [6, 6.07) is 12.7. The molecule has 0 amide bonds. The topological polar surface area (TPSA) is 74.7 Å². The fourth-order valence-electron chi connectivity index (χ4n) is 2.76. The molecule has 0 bridgehead atoms. The fraction of sp³-hybridized carbons (Fsp3) is 0.136. The summed E-state index contributed by atoms with van der Waals surface area (Å²) in [5.41, 5.74) is 1.86. The lowest BCUT2D eigenvalue weighted by atomic mass is 10.1. The van der Waals surface area contributed by atoms with Crippen molar-refractivity contribution < 1.29 is 23.8 Å². The highest BCUT2D eigenvalue weighted by Crippen LogP contribution is 2.36. The predicted octanol–water partition coefficient (Wildman–Crippen LogP) is 5.03. The van der Waals surface area contributed by atoms with Crippen LogP contribution in [0, 0.1) is 0 Å². The van der Waals surface area contributed by atoms with Gasteiger partial charge in [-0.3, -0.25) is 9.59 Å². The number of aromatic nitrogens is 1. The second-order valence-electron chi connectivity index (χ2n) is 6.11. The second-order valence-corrected chi connectivity index (χ2v) is 7.03. The minimum absolute atomic E-state index is 0.320. The molecule has 0 saturated heterocycles. The molecule has 2 aromatic carbocycles. The molecule has 0 aliphatic rings. The number of esters is 2. The Balaban J connectivity index is 2.03. The van der Waals surface area contributed by atoms with Gasteiger partial charge in [-0.25, -0.2) is 4.98 Å². The number of halogens is 1. The van der Waals surface area contributed by atoms with Crippen molar-refractivity contribution in [2.45, 2.75) is 13.8 Å². The zero-order valence-electron chi connectivity index (χ0n) is 16.1. The molecule has 0 fully saturated rings. The van der Waals surface area contributed by atoms with E-state index in [2.05, 4.69) is 20.9 Å². The Bertz CT molecular complexity index is 1120. The molecular formula is C22H18BrNO5. The van der Waals surface area contributed by atoms with Crippen LogP contribution < -0.4 is 14.2 Å². The van der Waals surface area contributed by atoms with E-state index >= 15 is 0 Å². The zero-order chi connectivity index (χ0) is 21.0. The molecule has 0 aliphatic carbocycles. The quantitative estimate of drug-likeness (QED) is 0.396. The molecule has 148 valence electrons. The predicted molar refractivity (Wildman–Crippen MR) is 114 cm³/mol. The van der Waals surface area contributed by atoms with Crippen LogP contribution in [-0.4, -0.2) is 24.0 Å². The molecule has 0 radical (unpaired) electrons. The number of nitrogens with zero attached hydrogens (tertiary/aromatic N) is 1. The first-order valence-electron chi connectivity index (χ1n) is 8.69. The van der Waals surface area contributed by atoms with E-state index < -0.39 is 11.9 Å². The van der Waals surface area contributed by atoms with Crippen LogP contribution in [0.4, 0.5) is 0 Å². The van der Waals surface area contributed by atoms with E-state index in [1.54, 1.807) is 30.4 Å². The van der Waals surface area contributed by atoms with Crippen molar-refractivity contribution in [1.29, 1.82) is 0 Å². The average Bonchev–Trinajstić information content (AvgIpc) is 2.67. The molecule has 6 nitrogen and oxygen atoms in total. The van der Waals surface area contributed by atoms with Crippen molar-refractivity contribution in [3.05, 3.63) is 58.2 Å². The molecule has 0 atom stereocenters. The van der Waals surface area contributed by atoms with Crippen LogP contribution in [0.25, 0.3) is 23.1 Å². The van der Waals surface area contributed by atoms with E-state index in [4.69, 9.17) is 14.2 Å². The number of carbonyl (C=O) groups excluding carboxylic acids is 2. The van der Waals surface area contributed by atoms with Gasteiger partial charge in [0.2, 0.25) is 0 Å². The molecule has 7 heteroatoms. The summed E-state index contributed by atoms with van der Waals surface area (Å²) in [4.78, 5) is 27.4. The standard InChI is InChI=1S/C22H18BrNO5/c1-13(25)28-19-6-4-5-15-7-9-18(24-21(15)19)10-8-16-11-17(23)12-20(27-3)22(16)29-14(2)26/h4-12H,1-3H3. The number of methoxy groups -OCH3 is 1. The smallest absolute Gasteiger partial charge is 0.308 e. The van der Waals surface area contributed by atoms with Crippen LogP contribution in [0.3, 0.4) is 0 Å². The Morgan fingerprint density at radius 1 is 0.966 bits per heavy atom. The summed E-state index contributed by atoms with van der Waals surface area (Å²) < 4.78 is 16.7. The van der Waals surface area contributed by atoms with Crippen molar-refractivity contribution >= 4 is 50.9 Å². The second kappa shape index (κ2) is 8.87. The molecule has 0 aliphatic heterocycles. The van der Waals surface area contributed by atoms with Gasteiger partial charge < -0.3 is 14.2 Å². The number of para-hydroxylation sites is 1. The van der Waals surface area contributed by atoms with Gasteiger partial charge in [-0.05, 0) is 36.4 Å². The third-order valence-electron chi connectivity index (χ3n) is 3.91. The van der Waals surface area contributed by atoms with Gasteiger partial charge in [-0.2, -0.15) is 0 Å². The van der Waals surface area contributed by atoms with E-state index in [1.807, 2.05) is 24.3 Å². The van der Waals surface area contributed by atoms with E-state index in [-0.39, 0.29) is 0 Å². The normalized spacial score (nSPS) is 10.9. The number of fused-ring (bicyclic) bond motifs is 1. The van der Waals surface area contributed by atoms with Gasteiger partial charge in [0.25, 0.3) is 0 Å². The van der Waals surface area contributed by atoms with Crippen LogP contribution >= 0.6 is 15.9 Å². The molecule has 1 heterocycles. The molecule has 29 heavy (non-hydrogen) atoms. The van der Waals surface area contributed by atoms with Crippen LogP contribution in [0.5, 0.6) is 17.2 Å². The summed E-state index contributed by atoms with van der Waals surface area (Å²) >= 11 is 3.43. The Labute approximate surface area is 176 Å². The first-order valence-corrected chi connectivity index (χ1v) is 9.49. The summed E-state index contributed by atoms with van der Waals surface area (Å²) in [6.45, 7) is 2.68. The van der Waals surface area contributed by atoms with Crippen molar-refractivity contribution in [3.63, 3.8) is 0 Å². The average molecular weight is 456 g/mol. The van der Waals surface area contributed by atoms with Crippen LogP contribution in [0.1, 0.15) is 25.1 Å². The molecule has 1 aromatic heterocycles. The highest BCUT2D eigenvalue weighted by atomic mass is 79.9. The lowest BCUT2D eigenvalue weighted by Gasteiger charge is -2.12. The van der Waals surface area contributed by atoms with Gasteiger partial charge >= 0.3 is 11.9 Å². The van der Waals surface area contributed by atoms with Gasteiger partial charge in [0, 0.05) is 29.3 Å². The largest absolute Gasteiger partial charge is 0.493 e. The molecule has 3 rings (SSSR count). The summed E-state index contributed by atoms with van der Waals surface area (Å²) in [6.07, 6.45) is 3.55. The van der Waals surface area contributed by atoms with Crippen molar-refractivity contribution in [2.24, 2.45) is 0 Å². The Morgan fingerprint density at radius 2 is 1.72 bits per heavy atom. The van der Waals surface area contributed by atoms with Crippen molar-refractivity contribution in [3.8, 4) is 17.2 Å². The van der Waals surface area contributed by atoms with Gasteiger partial charge in [-0.15, -0.1) is 0 Å². The van der Waals surface area contributed by atoms with E-state index in [0.717, 1.165) is 9.86 Å². The monoisotopic (exact) mass is 455 g/mol. The van der Waals surface area contributed by atoms with Gasteiger partial charge in [0.1, 0.15) is 5.52 Å². The Kier molecular flexibility index (Phi) is 6.29. The number of benzene rings is 2. The number of hydrogen-bond donors (Lipinski definition) is 0. The van der Waals surface area contributed by atoms with E-state index in [9.17, 15) is 9.59 Å². The number of rotatable bonds is 5. The minimum atomic E-state index is -0.449. The van der Waals surface area contributed by atoms with Crippen LogP contribution in [-0.2, 0) is 9.59 Å². The maximum absolute atomic E-state index is 11.5. The maximum Gasteiger partial charge on any atom is 0.308 e. The maximum atomic E-state index is 11.5. The molecule has 3 aromatic rings. The fourth-order valence-corrected chi connectivity index (χ4v) is 3.21. The van der Waals surface area contributed by atoms with Crippen LogP contribution in [0.15, 0.2) is 46.9 Å². The SMILES string of the molecule is COc1cc(Br)cc(C=Cc2ccc3cccc(OC(C)=O)c3n2)c1OC(C)=O. The highest BCUT2D eigenvalue weighted by molar-refractivity contribution is 9.10. The molecule has 0 saturated carbocycles. The number of hydrogen-bond acceptors (Lipinski definition) is 6. The first kappa shape index (κ1) is 20.5. The molecule has 0 unspecified atom stereocenters.